The van der Waals surface area contributed by atoms with E-state index in [1.807, 2.05) is 6.92 Å². The van der Waals surface area contributed by atoms with E-state index in [4.69, 9.17) is 0 Å². The van der Waals surface area contributed by atoms with E-state index in [2.05, 4.69) is 24.1 Å². The fourth-order valence-corrected chi connectivity index (χ4v) is 1.61. The summed E-state index contributed by atoms with van der Waals surface area (Å²) in [7, 11) is 0. The number of aryl methyl sites for hydroxylation is 1. The van der Waals surface area contributed by atoms with Gasteiger partial charge in [-0.3, -0.25) is 4.79 Å². The van der Waals surface area contributed by atoms with Gasteiger partial charge in [-0.1, -0.05) is 19.8 Å². The first-order valence-electron chi connectivity index (χ1n) is 6.01. The van der Waals surface area contributed by atoms with Gasteiger partial charge in [0.1, 0.15) is 0 Å². The average Bonchev–Trinajstić information content (AvgIpc) is 2.29. The number of hydrogen-bond acceptors (Lipinski definition) is 3. The van der Waals surface area contributed by atoms with E-state index < -0.39 is 0 Å². The van der Waals surface area contributed by atoms with Crippen molar-refractivity contribution in [2.24, 2.45) is 0 Å². The maximum atomic E-state index is 11.8. The molecule has 4 heteroatoms. The zero-order valence-corrected chi connectivity index (χ0v) is 10.4. The number of anilines is 1. The van der Waals surface area contributed by atoms with Crippen LogP contribution in [-0.4, -0.2) is 15.6 Å². The summed E-state index contributed by atoms with van der Waals surface area (Å²) >= 11 is 0. The zero-order chi connectivity index (χ0) is 12.0. The van der Waals surface area contributed by atoms with E-state index in [-0.39, 0.29) is 5.56 Å². The van der Waals surface area contributed by atoms with Crippen molar-refractivity contribution in [3.05, 3.63) is 22.7 Å². The summed E-state index contributed by atoms with van der Waals surface area (Å²) in [6.45, 7) is 6.88. The number of hydrogen-bond donors (Lipinski definition) is 1. The molecule has 0 saturated carbocycles. The molecule has 0 aliphatic rings. The predicted molar refractivity (Wildman–Crippen MR) is 66.8 cm³/mol. The largest absolute Gasteiger partial charge is 0.363 e. The molecule has 0 aromatic carbocycles. The molecule has 0 fully saturated rings. The van der Waals surface area contributed by atoms with Gasteiger partial charge in [0.2, 0.25) is 0 Å². The summed E-state index contributed by atoms with van der Waals surface area (Å²) in [5.41, 5.74) is -0.0339. The summed E-state index contributed by atoms with van der Waals surface area (Å²) in [6.07, 6.45) is 6.79. The lowest BCUT2D eigenvalue weighted by Crippen LogP contribution is -2.27. The first-order chi connectivity index (χ1) is 7.69. The van der Waals surface area contributed by atoms with E-state index in [1.54, 1.807) is 17.0 Å². The van der Waals surface area contributed by atoms with Crippen LogP contribution in [0.1, 0.15) is 40.0 Å². The number of nitrogens with one attached hydrogen (secondary N) is 1. The minimum atomic E-state index is -0.0339. The van der Waals surface area contributed by atoms with Crippen LogP contribution in [0.25, 0.3) is 0 Å². The van der Waals surface area contributed by atoms with Gasteiger partial charge in [-0.15, -0.1) is 0 Å². The van der Waals surface area contributed by atoms with E-state index in [9.17, 15) is 4.79 Å². The van der Waals surface area contributed by atoms with Gasteiger partial charge in [0.15, 0.2) is 5.82 Å². The van der Waals surface area contributed by atoms with E-state index in [0.717, 1.165) is 6.42 Å². The molecule has 90 valence electrons. The second-order valence-electron chi connectivity index (χ2n) is 4.05. The van der Waals surface area contributed by atoms with Crippen molar-refractivity contribution in [1.29, 1.82) is 0 Å². The van der Waals surface area contributed by atoms with Crippen LogP contribution in [0, 0.1) is 0 Å². The molecule has 0 aliphatic heterocycles. The first-order valence-corrected chi connectivity index (χ1v) is 6.01. The van der Waals surface area contributed by atoms with E-state index in [0.29, 0.717) is 18.4 Å². The van der Waals surface area contributed by atoms with Crippen LogP contribution in [0.5, 0.6) is 0 Å². The van der Waals surface area contributed by atoms with Crippen molar-refractivity contribution >= 4 is 5.82 Å². The Hall–Kier alpha value is -1.32. The quantitative estimate of drug-likeness (QED) is 0.804. The minimum Gasteiger partial charge on any atom is -0.363 e. The number of unbranched alkanes of at least 4 members (excludes halogenated alkanes) is 1. The summed E-state index contributed by atoms with van der Waals surface area (Å²) < 4.78 is 1.65. The molecule has 0 amide bonds. The van der Waals surface area contributed by atoms with Crippen LogP contribution in [0.4, 0.5) is 5.82 Å². The third-order valence-corrected chi connectivity index (χ3v) is 2.63. The van der Waals surface area contributed by atoms with Crippen LogP contribution in [-0.2, 0) is 6.54 Å². The highest BCUT2D eigenvalue weighted by atomic mass is 16.1. The van der Waals surface area contributed by atoms with Crippen molar-refractivity contribution in [2.75, 3.05) is 5.32 Å². The van der Waals surface area contributed by atoms with Crippen molar-refractivity contribution in [3.63, 3.8) is 0 Å². The summed E-state index contributed by atoms with van der Waals surface area (Å²) in [5.74, 6) is 0.466. The fourth-order valence-electron chi connectivity index (χ4n) is 1.61. The first kappa shape index (κ1) is 12.7. The Kier molecular flexibility index (Phi) is 5.02. The second-order valence-corrected chi connectivity index (χ2v) is 4.05. The maximum Gasteiger partial charge on any atom is 0.293 e. The summed E-state index contributed by atoms with van der Waals surface area (Å²) in [5, 5.41) is 3.18. The Morgan fingerprint density at radius 1 is 1.50 bits per heavy atom. The molecular formula is C12H21N3O. The standard InChI is InChI=1S/C12H21N3O/c1-4-6-7-10(3)14-11-12(16)15(5-2)9-8-13-11/h8-10H,4-7H2,1-3H3,(H,13,14). The fraction of sp³-hybridized carbons (Fsp3) is 0.667. The molecule has 16 heavy (non-hydrogen) atoms. The van der Waals surface area contributed by atoms with E-state index in [1.165, 1.54) is 12.8 Å². The zero-order valence-electron chi connectivity index (χ0n) is 10.4. The topological polar surface area (TPSA) is 46.9 Å². The van der Waals surface area contributed by atoms with Gasteiger partial charge in [-0.25, -0.2) is 4.98 Å². The number of aromatic nitrogens is 2. The molecule has 0 saturated heterocycles. The lowest BCUT2D eigenvalue weighted by molar-refractivity contribution is 0.638. The van der Waals surface area contributed by atoms with Crippen molar-refractivity contribution < 1.29 is 0 Å². The minimum absolute atomic E-state index is 0.0339. The van der Waals surface area contributed by atoms with Gasteiger partial charge in [-0.2, -0.15) is 0 Å². The van der Waals surface area contributed by atoms with Gasteiger partial charge in [0.25, 0.3) is 5.56 Å². The summed E-state index contributed by atoms with van der Waals surface area (Å²) in [4.78, 5) is 15.9. The van der Waals surface area contributed by atoms with Gasteiger partial charge in [0.05, 0.1) is 0 Å². The Labute approximate surface area is 96.7 Å². The van der Waals surface area contributed by atoms with Crippen LogP contribution in [0.15, 0.2) is 17.2 Å². The molecule has 1 rings (SSSR count). The molecule has 1 N–H and O–H groups in total. The molecule has 1 heterocycles. The Balaban J connectivity index is 2.70. The summed E-state index contributed by atoms with van der Waals surface area (Å²) in [6, 6.07) is 0.299. The lowest BCUT2D eigenvalue weighted by atomic mass is 10.1. The maximum absolute atomic E-state index is 11.8. The number of nitrogens with zero attached hydrogens (tertiary/aromatic N) is 2. The van der Waals surface area contributed by atoms with E-state index >= 15 is 0 Å². The van der Waals surface area contributed by atoms with Crippen LogP contribution in [0.3, 0.4) is 0 Å². The van der Waals surface area contributed by atoms with Crippen molar-refractivity contribution in [1.82, 2.24) is 9.55 Å². The van der Waals surface area contributed by atoms with Crippen molar-refractivity contribution in [3.8, 4) is 0 Å². The highest BCUT2D eigenvalue weighted by molar-refractivity contribution is 5.31. The van der Waals surface area contributed by atoms with Crippen LogP contribution in [0.2, 0.25) is 0 Å². The number of rotatable bonds is 6. The Morgan fingerprint density at radius 2 is 2.25 bits per heavy atom. The molecule has 0 radical (unpaired) electrons. The molecule has 0 bridgehead atoms. The van der Waals surface area contributed by atoms with Gasteiger partial charge < -0.3 is 9.88 Å². The smallest absolute Gasteiger partial charge is 0.293 e. The lowest BCUT2D eigenvalue weighted by Gasteiger charge is -2.14. The Bertz CT molecular complexity index is 373. The third kappa shape index (κ3) is 3.36. The molecule has 1 aromatic heterocycles. The van der Waals surface area contributed by atoms with Crippen LogP contribution >= 0.6 is 0 Å². The monoisotopic (exact) mass is 223 g/mol. The highest BCUT2D eigenvalue weighted by Crippen LogP contribution is 2.04. The second kappa shape index (κ2) is 6.30. The molecule has 1 aromatic rings. The SMILES string of the molecule is CCCCC(C)Nc1nccn(CC)c1=O. The average molecular weight is 223 g/mol. The van der Waals surface area contributed by atoms with Gasteiger partial charge >= 0.3 is 0 Å². The van der Waals surface area contributed by atoms with Gasteiger partial charge in [0, 0.05) is 25.0 Å². The highest BCUT2D eigenvalue weighted by Gasteiger charge is 2.07. The van der Waals surface area contributed by atoms with Crippen LogP contribution < -0.4 is 10.9 Å². The molecule has 1 unspecified atom stereocenters. The molecule has 0 aliphatic carbocycles. The third-order valence-electron chi connectivity index (χ3n) is 2.63. The molecule has 1 atom stereocenters. The van der Waals surface area contributed by atoms with Crippen molar-refractivity contribution in [2.45, 2.75) is 52.6 Å². The normalized spacial score (nSPS) is 12.4. The predicted octanol–water partition coefficient (Wildman–Crippen LogP) is 2.25. The van der Waals surface area contributed by atoms with Gasteiger partial charge in [-0.05, 0) is 20.3 Å². The molecule has 0 spiro atoms. The molecular weight excluding hydrogens is 202 g/mol. The molecule has 4 nitrogen and oxygen atoms in total. The Morgan fingerprint density at radius 3 is 2.88 bits per heavy atom.